The maximum Gasteiger partial charge on any atom is 0.472 e. The van der Waals surface area contributed by atoms with Gasteiger partial charge in [0.15, 0.2) is 6.10 Å². The van der Waals surface area contributed by atoms with Crippen LogP contribution in [0.4, 0.5) is 0 Å². The van der Waals surface area contributed by atoms with Crippen molar-refractivity contribution < 1.29 is 37.6 Å². The molecule has 0 aliphatic heterocycles. The number of hydrogen-bond acceptors (Lipinski definition) is 8. The molecular formula is C42H82NO8P. The predicted octanol–water partition coefficient (Wildman–Crippen LogP) is 12.2. The highest BCUT2D eigenvalue weighted by atomic mass is 31.2. The molecule has 0 aromatic rings. The van der Waals surface area contributed by atoms with E-state index in [-0.39, 0.29) is 38.6 Å². The van der Waals surface area contributed by atoms with Crippen LogP contribution in [0.5, 0.6) is 0 Å². The van der Waals surface area contributed by atoms with Gasteiger partial charge in [-0.25, -0.2) is 4.57 Å². The molecule has 2 atom stereocenters. The number of hydrogen-bond donors (Lipinski definition) is 2. The Morgan fingerprint density at radius 3 is 1.40 bits per heavy atom. The van der Waals surface area contributed by atoms with Crippen LogP contribution in [0.1, 0.15) is 213 Å². The van der Waals surface area contributed by atoms with Crippen LogP contribution in [0.2, 0.25) is 0 Å². The Balaban J connectivity index is 4.09. The molecular weight excluding hydrogens is 677 g/mol. The average molecular weight is 760 g/mol. The van der Waals surface area contributed by atoms with Gasteiger partial charge >= 0.3 is 19.8 Å². The molecule has 10 heteroatoms. The van der Waals surface area contributed by atoms with E-state index < -0.39 is 26.5 Å². The molecule has 9 nitrogen and oxygen atoms in total. The molecule has 0 radical (unpaired) electrons. The Morgan fingerprint density at radius 2 is 0.942 bits per heavy atom. The number of ether oxygens (including phenoxy) is 2. The van der Waals surface area contributed by atoms with Crippen molar-refractivity contribution in [1.29, 1.82) is 0 Å². The lowest BCUT2D eigenvalue weighted by Gasteiger charge is -2.19. The van der Waals surface area contributed by atoms with E-state index in [1.54, 1.807) is 0 Å². The van der Waals surface area contributed by atoms with Crippen molar-refractivity contribution in [2.75, 3.05) is 26.4 Å². The summed E-state index contributed by atoms with van der Waals surface area (Å²) in [7, 11) is -4.37. The summed E-state index contributed by atoms with van der Waals surface area (Å²) in [5.74, 6) is -0.829. The molecule has 0 aromatic carbocycles. The smallest absolute Gasteiger partial charge is 0.462 e. The summed E-state index contributed by atoms with van der Waals surface area (Å²) in [6.07, 6.45) is 39.6. The lowest BCUT2D eigenvalue weighted by atomic mass is 10.0. The summed E-state index contributed by atoms with van der Waals surface area (Å²) in [5.41, 5.74) is 5.34. The van der Waals surface area contributed by atoms with Gasteiger partial charge in [-0.05, 0) is 38.5 Å². The van der Waals surface area contributed by atoms with E-state index in [9.17, 15) is 19.0 Å². The third-order valence-electron chi connectivity index (χ3n) is 9.40. The molecule has 0 amide bonds. The summed E-state index contributed by atoms with van der Waals surface area (Å²) in [6.45, 7) is 3.72. The van der Waals surface area contributed by atoms with Crippen molar-refractivity contribution >= 4 is 19.8 Å². The topological polar surface area (TPSA) is 134 Å². The molecule has 3 N–H and O–H groups in total. The molecule has 308 valence electrons. The molecule has 0 spiro atoms. The van der Waals surface area contributed by atoms with Crippen molar-refractivity contribution in [2.24, 2.45) is 5.73 Å². The van der Waals surface area contributed by atoms with Gasteiger partial charge in [0.2, 0.25) is 0 Å². The minimum atomic E-state index is -4.37. The van der Waals surface area contributed by atoms with Gasteiger partial charge in [0.25, 0.3) is 0 Å². The fraction of sp³-hybridized carbons (Fsp3) is 0.905. The van der Waals surface area contributed by atoms with Crippen LogP contribution in [0, 0.1) is 0 Å². The Hall–Kier alpha value is -1.25. The number of esters is 2. The molecule has 0 rings (SSSR count). The van der Waals surface area contributed by atoms with E-state index in [0.717, 1.165) is 51.4 Å². The standard InChI is InChI=1S/C42H82NO8P/c1-3-5-7-9-11-13-15-17-18-19-20-21-22-23-25-27-29-31-33-35-42(45)51-40(39-50-52(46,47)49-37-36-43)38-48-41(44)34-32-30-28-26-24-16-14-12-10-8-6-4-2/h12,14,40H,3-11,13,15-39,43H2,1-2H3,(H,46,47)/b14-12+/t40-/m1/s1. The Labute approximate surface area is 319 Å². The number of phosphoric acid groups is 1. The molecule has 0 aliphatic rings. The Morgan fingerprint density at radius 1 is 0.558 bits per heavy atom. The highest BCUT2D eigenvalue weighted by Gasteiger charge is 2.26. The second-order valence-electron chi connectivity index (χ2n) is 14.6. The first-order chi connectivity index (χ1) is 25.3. The van der Waals surface area contributed by atoms with Crippen LogP contribution in [-0.2, 0) is 32.7 Å². The number of rotatable bonds is 41. The van der Waals surface area contributed by atoms with Gasteiger partial charge in [0.1, 0.15) is 6.61 Å². The lowest BCUT2D eigenvalue weighted by Crippen LogP contribution is -2.29. The quantitative estimate of drug-likeness (QED) is 0.0270. The van der Waals surface area contributed by atoms with Crippen LogP contribution >= 0.6 is 7.82 Å². The number of carbonyl (C=O) groups is 2. The van der Waals surface area contributed by atoms with Gasteiger partial charge in [0, 0.05) is 19.4 Å². The summed E-state index contributed by atoms with van der Waals surface area (Å²) < 4.78 is 32.7. The maximum atomic E-state index is 12.6. The van der Waals surface area contributed by atoms with E-state index in [1.807, 2.05) is 0 Å². The van der Waals surface area contributed by atoms with Crippen LogP contribution in [0.15, 0.2) is 12.2 Å². The average Bonchev–Trinajstić information content (AvgIpc) is 3.13. The first-order valence-corrected chi connectivity index (χ1v) is 23.2. The normalized spacial score (nSPS) is 13.4. The zero-order valence-corrected chi connectivity index (χ0v) is 34.7. The molecule has 0 saturated carbocycles. The summed E-state index contributed by atoms with van der Waals surface area (Å²) in [6, 6.07) is 0. The highest BCUT2D eigenvalue weighted by Crippen LogP contribution is 2.43. The molecule has 0 aliphatic carbocycles. The van der Waals surface area contributed by atoms with Gasteiger partial charge in [-0.2, -0.15) is 0 Å². The zero-order valence-electron chi connectivity index (χ0n) is 33.8. The summed E-state index contributed by atoms with van der Waals surface area (Å²) in [5, 5.41) is 0. The first kappa shape index (κ1) is 50.8. The van der Waals surface area contributed by atoms with Gasteiger partial charge in [-0.3, -0.25) is 18.6 Å². The number of unbranched alkanes of at least 4 members (excludes halogenated alkanes) is 26. The van der Waals surface area contributed by atoms with Crippen molar-refractivity contribution in [3.8, 4) is 0 Å². The van der Waals surface area contributed by atoms with Gasteiger partial charge in [0.05, 0.1) is 13.2 Å². The van der Waals surface area contributed by atoms with E-state index in [1.165, 1.54) is 128 Å². The third-order valence-corrected chi connectivity index (χ3v) is 10.4. The van der Waals surface area contributed by atoms with E-state index in [2.05, 4.69) is 26.0 Å². The summed E-state index contributed by atoms with van der Waals surface area (Å²) in [4.78, 5) is 34.8. The summed E-state index contributed by atoms with van der Waals surface area (Å²) >= 11 is 0. The van der Waals surface area contributed by atoms with E-state index in [4.69, 9.17) is 24.3 Å². The minimum absolute atomic E-state index is 0.0551. The maximum absolute atomic E-state index is 12.6. The number of phosphoric ester groups is 1. The Kier molecular flexibility index (Phi) is 38.5. The van der Waals surface area contributed by atoms with Crippen molar-refractivity contribution in [3.63, 3.8) is 0 Å². The van der Waals surface area contributed by atoms with Gasteiger partial charge < -0.3 is 20.1 Å². The van der Waals surface area contributed by atoms with E-state index >= 15 is 0 Å². The second kappa shape index (κ2) is 39.4. The van der Waals surface area contributed by atoms with Crippen LogP contribution in [0.3, 0.4) is 0 Å². The van der Waals surface area contributed by atoms with Crippen LogP contribution < -0.4 is 5.73 Å². The lowest BCUT2D eigenvalue weighted by molar-refractivity contribution is -0.161. The molecule has 52 heavy (non-hydrogen) atoms. The highest BCUT2D eigenvalue weighted by molar-refractivity contribution is 7.47. The predicted molar refractivity (Wildman–Crippen MR) is 215 cm³/mol. The number of carbonyl (C=O) groups excluding carboxylic acids is 2. The molecule has 0 saturated heterocycles. The largest absolute Gasteiger partial charge is 0.472 e. The minimum Gasteiger partial charge on any atom is -0.462 e. The fourth-order valence-electron chi connectivity index (χ4n) is 6.16. The van der Waals surface area contributed by atoms with Crippen molar-refractivity contribution in [2.45, 2.75) is 219 Å². The van der Waals surface area contributed by atoms with Crippen molar-refractivity contribution in [3.05, 3.63) is 12.2 Å². The SMILES string of the molecule is CCCCC/C=C/CCCCCCCC(=O)OC[C@H](COP(=O)(O)OCCN)OC(=O)CCCCCCCCCCCCCCCCCCCCC. The third kappa shape index (κ3) is 38.5. The molecule has 0 bridgehead atoms. The number of nitrogens with two attached hydrogens (primary N) is 1. The van der Waals surface area contributed by atoms with Gasteiger partial charge in [-0.15, -0.1) is 0 Å². The molecule has 0 fully saturated rings. The monoisotopic (exact) mass is 760 g/mol. The first-order valence-electron chi connectivity index (χ1n) is 21.7. The van der Waals surface area contributed by atoms with E-state index in [0.29, 0.717) is 6.42 Å². The second-order valence-corrected chi connectivity index (χ2v) is 16.0. The van der Waals surface area contributed by atoms with Crippen LogP contribution in [0.25, 0.3) is 0 Å². The number of allylic oxidation sites excluding steroid dienone is 2. The molecule has 1 unspecified atom stereocenters. The fourth-order valence-corrected chi connectivity index (χ4v) is 6.92. The Bertz CT molecular complexity index is 871. The zero-order chi connectivity index (χ0) is 38.2. The van der Waals surface area contributed by atoms with Gasteiger partial charge in [-0.1, -0.05) is 174 Å². The molecule has 0 heterocycles. The van der Waals surface area contributed by atoms with Crippen molar-refractivity contribution in [1.82, 2.24) is 0 Å². The molecule has 0 aromatic heterocycles. The van der Waals surface area contributed by atoms with Crippen LogP contribution in [-0.4, -0.2) is 49.3 Å².